The molecule has 0 aliphatic carbocycles. The molecule has 0 saturated heterocycles. The Hall–Kier alpha value is -2.17. The van der Waals surface area contributed by atoms with E-state index in [0.29, 0.717) is 17.1 Å². The monoisotopic (exact) mass is 220 g/mol. The van der Waals surface area contributed by atoms with E-state index in [1.165, 1.54) is 7.11 Å². The van der Waals surface area contributed by atoms with Crippen LogP contribution in [0.2, 0.25) is 0 Å². The molecule has 1 aromatic carbocycles. The molecule has 0 saturated carbocycles. The fourth-order valence-corrected chi connectivity index (χ4v) is 1.65. The highest BCUT2D eigenvalue weighted by atomic mass is 16.5. The molecule has 0 aliphatic heterocycles. The lowest BCUT2D eigenvalue weighted by molar-refractivity contribution is 0.0604. The summed E-state index contributed by atoms with van der Waals surface area (Å²) in [5.41, 5.74) is 6.83. The van der Waals surface area contributed by atoms with Gasteiger partial charge in [0.05, 0.1) is 19.7 Å². The molecule has 0 aliphatic rings. The molecule has 0 atom stereocenters. The lowest BCUT2D eigenvalue weighted by Gasteiger charge is -2.00. The summed E-state index contributed by atoms with van der Waals surface area (Å²) in [5, 5.41) is 0.727. The summed E-state index contributed by atoms with van der Waals surface area (Å²) >= 11 is 0. The van der Waals surface area contributed by atoms with Gasteiger partial charge in [-0.3, -0.25) is 0 Å². The smallest absolute Gasteiger partial charge is 0.342 e. The van der Waals surface area contributed by atoms with Crippen molar-refractivity contribution in [2.24, 2.45) is 0 Å². The predicted molar refractivity (Wildman–Crippen MR) is 60.6 cm³/mol. The van der Waals surface area contributed by atoms with Crippen molar-refractivity contribution in [3.05, 3.63) is 23.8 Å². The minimum atomic E-state index is -0.450. The van der Waals surface area contributed by atoms with Crippen molar-refractivity contribution in [1.29, 1.82) is 0 Å². The van der Waals surface area contributed by atoms with Crippen LogP contribution in [0.3, 0.4) is 0 Å². The Bertz CT molecular complexity index is 545. The Morgan fingerprint density at radius 3 is 2.75 bits per heavy atom. The molecule has 0 fully saturated rings. The third-order valence-electron chi connectivity index (χ3n) is 2.42. The minimum absolute atomic E-state index is 0.301. The van der Waals surface area contributed by atoms with E-state index in [0.717, 1.165) is 10.9 Å². The second-order valence-corrected chi connectivity index (χ2v) is 3.32. The van der Waals surface area contributed by atoms with Gasteiger partial charge >= 0.3 is 5.97 Å². The number of carbonyl (C=O) groups is 1. The Balaban J connectivity index is 2.66. The highest BCUT2D eigenvalue weighted by Gasteiger charge is 2.17. The van der Waals surface area contributed by atoms with Crippen LogP contribution in [0.1, 0.15) is 10.4 Å². The first-order chi connectivity index (χ1) is 7.67. The number of aromatic amines is 1. The number of hydrogen-bond donors (Lipinski definition) is 2. The zero-order chi connectivity index (χ0) is 11.7. The summed E-state index contributed by atoms with van der Waals surface area (Å²) in [6.45, 7) is 0. The molecule has 3 N–H and O–H groups in total. The number of methoxy groups -OCH3 is 2. The van der Waals surface area contributed by atoms with Crippen molar-refractivity contribution < 1.29 is 14.3 Å². The average Bonchev–Trinajstić information content (AvgIpc) is 2.62. The van der Waals surface area contributed by atoms with Gasteiger partial charge in [-0.1, -0.05) is 0 Å². The maximum atomic E-state index is 11.5. The molecule has 0 amide bonds. The van der Waals surface area contributed by atoms with Crippen molar-refractivity contribution in [2.75, 3.05) is 20.0 Å². The fourth-order valence-electron chi connectivity index (χ4n) is 1.65. The predicted octanol–water partition coefficient (Wildman–Crippen LogP) is 1.55. The number of benzene rings is 1. The van der Waals surface area contributed by atoms with Crippen LogP contribution in [-0.4, -0.2) is 25.2 Å². The summed E-state index contributed by atoms with van der Waals surface area (Å²) < 4.78 is 9.75. The zero-order valence-electron chi connectivity index (χ0n) is 9.03. The molecule has 84 valence electrons. The third kappa shape index (κ3) is 1.46. The van der Waals surface area contributed by atoms with Gasteiger partial charge in [0, 0.05) is 11.5 Å². The Kier molecular flexibility index (Phi) is 2.44. The number of carbonyl (C=O) groups excluding carboxylic acids is 1. The Labute approximate surface area is 92.1 Å². The lowest BCUT2D eigenvalue weighted by Crippen LogP contribution is -2.03. The number of rotatable bonds is 2. The van der Waals surface area contributed by atoms with Gasteiger partial charge in [0.2, 0.25) is 0 Å². The number of anilines is 1. The topological polar surface area (TPSA) is 77.3 Å². The molecule has 0 spiro atoms. The standard InChI is InChI=1S/C11H12N2O3/c1-15-6-3-4-7-8(5-6)13-10(12)9(7)11(14)16-2/h3-5,13H,12H2,1-2H3. The van der Waals surface area contributed by atoms with E-state index in [-0.39, 0.29) is 0 Å². The molecular formula is C11H12N2O3. The van der Waals surface area contributed by atoms with Crippen molar-refractivity contribution >= 4 is 22.7 Å². The second-order valence-electron chi connectivity index (χ2n) is 3.32. The molecule has 2 rings (SSSR count). The number of esters is 1. The average molecular weight is 220 g/mol. The highest BCUT2D eigenvalue weighted by Crippen LogP contribution is 2.27. The first-order valence-electron chi connectivity index (χ1n) is 4.71. The summed E-state index contributed by atoms with van der Waals surface area (Å²) in [6.07, 6.45) is 0. The quantitative estimate of drug-likeness (QED) is 0.752. The molecule has 0 radical (unpaired) electrons. The first-order valence-corrected chi connectivity index (χ1v) is 4.71. The lowest BCUT2D eigenvalue weighted by atomic mass is 10.1. The Morgan fingerprint density at radius 1 is 1.38 bits per heavy atom. The molecule has 1 heterocycles. The normalized spacial score (nSPS) is 10.4. The number of H-pyrrole nitrogens is 1. The molecule has 5 nitrogen and oxygen atoms in total. The van der Waals surface area contributed by atoms with Crippen molar-refractivity contribution in [3.63, 3.8) is 0 Å². The van der Waals surface area contributed by atoms with Crippen LogP contribution in [0.5, 0.6) is 5.75 Å². The van der Waals surface area contributed by atoms with Crippen LogP contribution in [0, 0.1) is 0 Å². The van der Waals surface area contributed by atoms with E-state index in [9.17, 15) is 4.79 Å². The number of fused-ring (bicyclic) bond motifs is 1. The van der Waals surface area contributed by atoms with E-state index in [1.54, 1.807) is 25.3 Å². The van der Waals surface area contributed by atoms with Gasteiger partial charge in [0.1, 0.15) is 17.1 Å². The SMILES string of the molecule is COC(=O)c1c(N)[nH]c2cc(OC)ccc12. The van der Waals surface area contributed by atoms with Gasteiger partial charge in [-0.2, -0.15) is 0 Å². The number of nitrogens with one attached hydrogen (secondary N) is 1. The summed E-state index contributed by atoms with van der Waals surface area (Å²) in [5.74, 6) is 0.550. The molecule has 0 unspecified atom stereocenters. The molecule has 1 aromatic heterocycles. The summed E-state index contributed by atoms with van der Waals surface area (Å²) in [6, 6.07) is 5.31. The molecular weight excluding hydrogens is 208 g/mol. The van der Waals surface area contributed by atoms with Crippen LogP contribution in [0.25, 0.3) is 10.9 Å². The number of nitrogen functional groups attached to an aromatic ring is 1. The first kappa shape index (κ1) is 10.4. The van der Waals surface area contributed by atoms with Crippen molar-refractivity contribution in [1.82, 2.24) is 4.98 Å². The molecule has 16 heavy (non-hydrogen) atoms. The van der Waals surface area contributed by atoms with Gasteiger partial charge in [-0.25, -0.2) is 4.79 Å². The van der Waals surface area contributed by atoms with Crippen molar-refractivity contribution in [2.45, 2.75) is 0 Å². The van der Waals surface area contributed by atoms with Crippen LogP contribution in [0.15, 0.2) is 18.2 Å². The van der Waals surface area contributed by atoms with Gasteiger partial charge < -0.3 is 20.2 Å². The van der Waals surface area contributed by atoms with Crippen LogP contribution in [-0.2, 0) is 4.74 Å². The van der Waals surface area contributed by atoms with E-state index >= 15 is 0 Å². The van der Waals surface area contributed by atoms with Gasteiger partial charge in [-0.15, -0.1) is 0 Å². The minimum Gasteiger partial charge on any atom is -0.497 e. The van der Waals surface area contributed by atoms with Crippen LogP contribution in [0.4, 0.5) is 5.82 Å². The molecule has 0 bridgehead atoms. The second kappa shape index (κ2) is 3.77. The molecule has 2 aromatic rings. The van der Waals surface area contributed by atoms with E-state index in [4.69, 9.17) is 10.5 Å². The zero-order valence-corrected chi connectivity index (χ0v) is 9.03. The molecule has 5 heteroatoms. The number of hydrogen-bond acceptors (Lipinski definition) is 4. The third-order valence-corrected chi connectivity index (χ3v) is 2.42. The van der Waals surface area contributed by atoms with Gasteiger partial charge in [0.15, 0.2) is 0 Å². The van der Waals surface area contributed by atoms with Gasteiger partial charge in [0.25, 0.3) is 0 Å². The Morgan fingerprint density at radius 2 is 2.12 bits per heavy atom. The number of nitrogens with two attached hydrogens (primary N) is 1. The van der Waals surface area contributed by atoms with Crippen LogP contribution >= 0.6 is 0 Å². The summed E-state index contributed by atoms with van der Waals surface area (Å²) in [4.78, 5) is 14.4. The number of ether oxygens (including phenoxy) is 2. The van der Waals surface area contributed by atoms with Gasteiger partial charge in [-0.05, 0) is 12.1 Å². The van der Waals surface area contributed by atoms with Crippen molar-refractivity contribution in [3.8, 4) is 5.75 Å². The number of aromatic nitrogens is 1. The van der Waals surface area contributed by atoms with E-state index in [1.807, 2.05) is 0 Å². The fraction of sp³-hybridized carbons (Fsp3) is 0.182. The van der Waals surface area contributed by atoms with E-state index in [2.05, 4.69) is 9.72 Å². The maximum absolute atomic E-state index is 11.5. The van der Waals surface area contributed by atoms with Crippen LogP contribution < -0.4 is 10.5 Å². The largest absolute Gasteiger partial charge is 0.497 e. The highest BCUT2D eigenvalue weighted by molar-refractivity contribution is 6.09. The summed E-state index contributed by atoms with van der Waals surface area (Å²) in [7, 11) is 2.90. The maximum Gasteiger partial charge on any atom is 0.342 e. The van der Waals surface area contributed by atoms with E-state index < -0.39 is 5.97 Å².